The van der Waals surface area contributed by atoms with Gasteiger partial charge in [0.05, 0.1) is 23.1 Å². The number of nitrogens with zero attached hydrogens (tertiary/aromatic N) is 1. The summed E-state index contributed by atoms with van der Waals surface area (Å²) in [6.07, 6.45) is 2.97. The number of halogens is 1. The van der Waals surface area contributed by atoms with Crippen LogP contribution in [-0.2, 0) is 19.1 Å². The molecule has 8 heteroatoms. The van der Waals surface area contributed by atoms with Gasteiger partial charge in [0.15, 0.2) is 6.61 Å². The number of carbonyl (C=O) groups is 4. The van der Waals surface area contributed by atoms with Gasteiger partial charge >= 0.3 is 5.97 Å². The summed E-state index contributed by atoms with van der Waals surface area (Å²) in [6.45, 7) is 3.35. The quantitative estimate of drug-likeness (QED) is 0.396. The summed E-state index contributed by atoms with van der Waals surface area (Å²) in [7, 11) is 0. The zero-order valence-electron chi connectivity index (χ0n) is 18.7. The number of hydrogen-bond acceptors (Lipinski definition) is 5. The van der Waals surface area contributed by atoms with Crippen LogP contribution in [0.4, 0.5) is 11.4 Å². The minimum atomic E-state index is -0.725. The standard InChI is InChI=1S/C26H23ClN2O5/c1-13-6-7-17(27)11-20(13)28-21(30)12-34-26(33)15-4-3-5-18(9-15)29-24(31)22-16-8-14(2)19(10-16)23(22)25(29)32/h3-9,11,16,19,22-23H,10,12H2,1-2H3,(H,28,30)/t16-,19+,22-,23-/m0/s1. The summed E-state index contributed by atoms with van der Waals surface area (Å²) < 4.78 is 5.16. The van der Waals surface area contributed by atoms with Gasteiger partial charge in [-0.1, -0.05) is 35.4 Å². The second-order valence-corrected chi connectivity index (χ2v) is 9.55. The number of hydrogen-bond donors (Lipinski definition) is 1. The van der Waals surface area contributed by atoms with Crippen molar-refractivity contribution in [1.29, 1.82) is 0 Å². The third-order valence-electron chi connectivity index (χ3n) is 7.03. The molecular weight excluding hydrogens is 456 g/mol. The van der Waals surface area contributed by atoms with Gasteiger partial charge in [-0.15, -0.1) is 0 Å². The van der Waals surface area contributed by atoms with Crippen molar-refractivity contribution in [3.63, 3.8) is 0 Å². The highest BCUT2D eigenvalue weighted by molar-refractivity contribution is 6.31. The normalized spacial score (nSPS) is 24.8. The van der Waals surface area contributed by atoms with Gasteiger partial charge in [-0.25, -0.2) is 9.69 Å². The van der Waals surface area contributed by atoms with Crippen LogP contribution in [0, 0.1) is 30.6 Å². The van der Waals surface area contributed by atoms with Crippen molar-refractivity contribution in [1.82, 2.24) is 0 Å². The van der Waals surface area contributed by atoms with Crippen LogP contribution in [0.25, 0.3) is 0 Å². The molecule has 1 saturated carbocycles. The molecular formula is C26H23ClN2O5. The molecule has 2 fully saturated rings. The van der Waals surface area contributed by atoms with E-state index in [9.17, 15) is 19.2 Å². The molecule has 1 heterocycles. The van der Waals surface area contributed by atoms with Crippen LogP contribution in [0.2, 0.25) is 5.02 Å². The molecule has 0 aromatic heterocycles. The Bertz CT molecular complexity index is 1270. The van der Waals surface area contributed by atoms with E-state index in [-0.39, 0.29) is 41.0 Å². The predicted molar refractivity (Wildman–Crippen MR) is 126 cm³/mol. The summed E-state index contributed by atoms with van der Waals surface area (Å²) in [6, 6.07) is 11.3. The van der Waals surface area contributed by atoms with Crippen molar-refractivity contribution in [2.24, 2.45) is 23.7 Å². The predicted octanol–water partition coefficient (Wildman–Crippen LogP) is 4.15. The van der Waals surface area contributed by atoms with E-state index >= 15 is 0 Å². The first-order valence-electron chi connectivity index (χ1n) is 11.1. The van der Waals surface area contributed by atoms with E-state index in [4.69, 9.17) is 16.3 Å². The summed E-state index contributed by atoms with van der Waals surface area (Å²) in [5.74, 6) is -2.09. The van der Waals surface area contributed by atoms with E-state index in [0.717, 1.165) is 12.0 Å². The SMILES string of the molecule is CC1=C[C@H]2C[C@H]1[C@@H]1C(=O)N(c3cccc(C(=O)OCC(=O)Nc4cc(Cl)ccc4C)c3)C(=O)[C@H]12. The minimum Gasteiger partial charge on any atom is -0.452 e. The van der Waals surface area contributed by atoms with Crippen LogP contribution in [0.15, 0.2) is 54.1 Å². The van der Waals surface area contributed by atoms with Crippen molar-refractivity contribution in [2.75, 3.05) is 16.8 Å². The average molecular weight is 479 g/mol. The Balaban J connectivity index is 1.26. The highest BCUT2D eigenvalue weighted by Gasteiger charge is 2.60. The Morgan fingerprint density at radius 2 is 1.85 bits per heavy atom. The van der Waals surface area contributed by atoms with Crippen LogP contribution in [-0.4, -0.2) is 30.3 Å². The Hall–Kier alpha value is -3.45. The van der Waals surface area contributed by atoms with E-state index < -0.39 is 18.5 Å². The lowest BCUT2D eigenvalue weighted by Gasteiger charge is -2.19. The largest absolute Gasteiger partial charge is 0.452 e. The van der Waals surface area contributed by atoms with Gasteiger partial charge in [-0.3, -0.25) is 14.4 Å². The minimum absolute atomic E-state index is 0.103. The van der Waals surface area contributed by atoms with E-state index in [1.807, 2.05) is 13.8 Å². The number of nitrogens with one attached hydrogen (secondary N) is 1. The van der Waals surface area contributed by atoms with Crippen LogP contribution in [0.3, 0.4) is 0 Å². The maximum Gasteiger partial charge on any atom is 0.338 e. The highest BCUT2D eigenvalue weighted by Crippen LogP contribution is 2.55. The van der Waals surface area contributed by atoms with Crippen molar-refractivity contribution >= 4 is 46.7 Å². The van der Waals surface area contributed by atoms with E-state index in [1.165, 1.54) is 22.6 Å². The molecule has 2 aromatic carbocycles. The number of esters is 1. The number of carbonyl (C=O) groups excluding carboxylic acids is 4. The molecule has 1 aliphatic heterocycles. The Labute approximate surface area is 201 Å². The molecule has 2 aliphatic carbocycles. The Kier molecular flexibility index (Phi) is 5.52. The first-order chi connectivity index (χ1) is 16.2. The smallest absolute Gasteiger partial charge is 0.338 e. The first-order valence-corrected chi connectivity index (χ1v) is 11.5. The second-order valence-electron chi connectivity index (χ2n) is 9.11. The van der Waals surface area contributed by atoms with Gasteiger partial charge in [0.25, 0.3) is 5.91 Å². The summed E-state index contributed by atoms with van der Waals surface area (Å²) in [5.41, 5.74) is 3.03. The molecule has 2 bridgehead atoms. The number of aryl methyl sites for hydroxylation is 1. The van der Waals surface area contributed by atoms with Gasteiger partial charge in [-0.05, 0) is 68.0 Å². The molecule has 174 valence electrons. The maximum absolute atomic E-state index is 13.2. The molecule has 0 unspecified atom stereocenters. The maximum atomic E-state index is 13.2. The Morgan fingerprint density at radius 3 is 2.65 bits per heavy atom. The number of rotatable bonds is 5. The van der Waals surface area contributed by atoms with Gasteiger partial charge in [0, 0.05) is 10.7 Å². The monoisotopic (exact) mass is 478 g/mol. The number of benzene rings is 2. The van der Waals surface area contributed by atoms with E-state index in [1.54, 1.807) is 30.3 Å². The van der Waals surface area contributed by atoms with Crippen molar-refractivity contribution < 1.29 is 23.9 Å². The Morgan fingerprint density at radius 1 is 1.09 bits per heavy atom. The summed E-state index contributed by atoms with van der Waals surface area (Å²) >= 11 is 5.96. The van der Waals surface area contributed by atoms with Gasteiger partial charge in [0.2, 0.25) is 11.8 Å². The molecule has 5 rings (SSSR count). The van der Waals surface area contributed by atoms with Gasteiger partial charge in [0.1, 0.15) is 0 Å². The molecule has 3 aliphatic rings. The average Bonchev–Trinajstić information content (AvgIpc) is 3.45. The molecule has 7 nitrogen and oxygen atoms in total. The number of imide groups is 1. The highest BCUT2D eigenvalue weighted by atomic mass is 35.5. The topological polar surface area (TPSA) is 92.8 Å². The van der Waals surface area contributed by atoms with Crippen LogP contribution >= 0.6 is 11.6 Å². The summed E-state index contributed by atoms with van der Waals surface area (Å²) in [5, 5.41) is 3.14. The molecule has 2 aromatic rings. The van der Waals surface area contributed by atoms with Crippen LogP contribution in [0.1, 0.15) is 29.3 Å². The molecule has 1 N–H and O–H groups in total. The third kappa shape index (κ3) is 3.70. The fraction of sp³-hybridized carbons (Fsp3) is 0.308. The number of anilines is 2. The molecule has 4 atom stereocenters. The molecule has 3 amide bonds. The second kappa shape index (κ2) is 8.40. The number of amides is 3. The molecule has 0 radical (unpaired) electrons. The number of allylic oxidation sites excluding steroid dienone is 2. The zero-order chi connectivity index (χ0) is 24.1. The van der Waals surface area contributed by atoms with Crippen molar-refractivity contribution in [3.8, 4) is 0 Å². The van der Waals surface area contributed by atoms with E-state index in [2.05, 4.69) is 11.4 Å². The number of ether oxygens (including phenoxy) is 1. The third-order valence-corrected chi connectivity index (χ3v) is 7.26. The molecule has 34 heavy (non-hydrogen) atoms. The van der Waals surface area contributed by atoms with Crippen molar-refractivity contribution in [2.45, 2.75) is 20.3 Å². The lowest BCUT2D eigenvalue weighted by Crippen LogP contribution is -2.33. The fourth-order valence-electron chi connectivity index (χ4n) is 5.43. The summed E-state index contributed by atoms with van der Waals surface area (Å²) in [4.78, 5) is 52.3. The fourth-order valence-corrected chi connectivity index (χ4v) is 5.60. The van der Waals surface area contributed by atoms with Crippen molar-refractivity contribution in [3.05, 3.63) is 70.3 Å². The lowest BCUT2D eigenvalue weighted by atomic mass is 9.82. The number of fused-ring (bicyclic) bond motifs is 5. The lowest BCUT2D eigenvalue weighted by molar-refractivity contribution is -0.123. The van der Waals surface area contributed by atoms with Crippen LogP contribution in [0.5, 0.6) is 0 Å². The van der Waals surface area contributed by atoms with Crippen LogP contribution < -0.4 is 10.2 Å². The molecule has 0 spiro atoms. The van der Waals surface area contributed by atoms with E-state index in [0.29, 0.717) is 16.4 Å². The van der Waals surface area contributed by atoms with Gasteiger partial charge in [-0.2, -0.15) is 0 Å². The zero-order valence-corrected chi connectivity index (χ0v) is 19.5. The first kappa shape index (κ1) is 22.3. The molecule has 1 saturated heterocycles. The van der Waals surface area contributed by atoms with Gasteiger partial charge < -0.3 is 10.1 Å².